The molecular formula is C19H26ClN5O2. The zero-order valence-electron chi connectivity index (χ0n) is 16.4. The van der Waals surface area contributed by atoms with Gasteiger partial charge in [-0.05, 0) is 44.3 Å². The van der Waals surface area contributed by atoms with Crippen LogP contribution in [0.1, 0.15) is 20.8 Å². The average molecular weight is 392 g/mol. The number of fused-ring (bicyclic) bond motifs is 1. The fourth-order valence-corrected chi connectivity index (χ4v) is 2.95. The van der Waals surface area contributed by atoms with Crippen LogP contribution in [0.15, 0.2) is 33.9 Å². The minimum Gasteiger partial charge on any atom is -0.318 e. The predicted molar refractivity (Wildman–Crippen MR) is 111 cm³/mol. The van der Waals surface area contributed by atoms with Gasteiger partial charge in [0.25, 0.3) is 5.56 Å². The summed E-state index contributed by atoms with van der Waals surface area (Å²) >= 11 is 5.92. The van der Waals surface area contributed by atoms with Crippen LogP contribution in [0.3, 0.4) is 0 Å². The molecule has 0 amide bonds. The van der Waals surface area contributed by atoms with Gasteiger partial charge in [-0.3, -0.25) is 13.9 Å². The van der Waals surface area contributed by atoms with Gasteiger partial charge in [0.2, 0.25) is 0 Å². The number of nitrogens with one attached hydrogen (secondary N) is 1. The predicted octanol–water partition coefficient (Wildman–Crippen LogP) is 2.39. The average Bonchev–Trinajstić information content (AvgIpc) is 3.06. The third kappa shape index (κ3) is 4.14. The molecule has 0 saturated heterocycles. The summed E-state index contributed by atoms with van der Waals surface area (Å²) in [5.41, 5.74) is 0.933. The van der Waals surface area contributed by atoms with Crippen molar-refractivity contribution in [2.24, 2.45) is 14.1 Å². The molecule has 0 fully saturated rings. The molecule has 0 bridgehead atoms. The van der Waals surface area contributed by atoms with Crippen LogP contribution in [-0.2, 0) is 20.6 Å². The highest BCUT2D eigenvalue weighted by Crippen LogP contribution is 2.23. The molecule has 0 aliphatic rings. The van der Waals surface area contributed by atoms with Crippen LogP contribution in [0.4, 0.5) is 0 Å². The minimum atomic E-state index is -0.388. The van der Waals surface area contributed by atoms with Gasteiger partial charge in [-0.15, -0.1) is 0 Å². The second kappa shape index (κ2) is 9.01. The summed E-state index contributed by atoms with van der Waals surface area (Å²) in [4.78, 5) is 29.0. The first-order chi connectivity index (χ1) is 12.9. The van der Waals surface area contributed by atoms with Crippen molar-refractivity contribution in [3.63, 3.8) is 0 Å². The van der Waals surface area contributed by atoms with E-state index in [-0.39, 0.29) is 11.2 Å². The summed E-state index contributed by atoms with van der Waals surface area (Å²) in [5.74, 6) is 0.646. The van der Waals surface area contributed by atoms with Crippen molar-refractivity contribution < 1.29 is 0 Å². The maximum Gasteiger partial charge on any atom is 0.332 e. The van der Waals surface area contributed by atoms with Crippen LogP contribution >= 0.6 is 11.6 Å². The first-order valence-corrected chi connectivity index (χ1v) is 9.37. The van der Waals surface area contributed by atoms with Crippen molar-refractivity contribution in [1.29, 1.82) is 0 Å². The van der Waals surface area contributed by atoms with E-state index < -0.39 is 0 Å². The lowest BCUT2D eigenvalue weighted by Gasteiger charge is -2.06. The van der Waals surface area contributed by atoms with Crippen molar-refractivity contribution in [3.05, 3.63) is 50.1 Å². The Morgan fingerprint density at radius 2 is 1.59 bits per heavy atom. The molecule has 8 heteroatoms. The largest absolute Gasteiger partial charge is 0.332 e. The monoisotopic (exact) mass is 391 g/mol. The highest BCUT2D eigenvalue weighted by atomic mass is 35.5. The molecule has 27 heavy (non-hydrogen) atoms. The number of rotatable bonds is 4. The number of benzene rings is 1. The minimum absolute atomic E-state index is 0.340. The van der Waals surface area contributed by atoms with Crippen LogP contribution < -0.4 is 16.6 Å². The molecule has 0 saturated carbocycles. The highest BCUT2D eigenvalue weighted by Gasteiger charge is 2.18. The summed E-state index contributed by atoms with van der Waals surface area (Å²) in [6, 6.07) is 7.23. The van der Waals surface area contributed by atoms with E-state index in [1.165, 1.54) is 11.6 Å². The Labute approximate surface area is 163 Å². The van der Waals surface area contributed by atoms with E-state index >= 15 is 0 Å². The topological polar surface area (TPSA) is 73.8 Å². The number of imidazole rings is 1. The smallest absolute Gasteiger partial charge is 0.318 e. The number of halogens is 1. The lowest BCUT2D eigenvalue weighted by molar-refractivity contribution is 0.700. The summed E-state index contributed by atoms with van der Waals surface area (Å²) in [5, 5.41) is 3.74. The lowest BCUT2D eigenvalue weighted by atomic mass is 10.2. The van der Waals surface area contributed by atoms with Gasteiger partial charge in [0.15, 0.2) is 11.2 Å². The number of hydrogen-bond donors (Lipinski definition) is 1. The van der Waals surface area contributed by atoms with Crippen molar-refractivity contribution in [3.8, 4) is 11.4 Å². The molecule has 3 aromatic rings. The molecule has 0 radical (unpaired) electrons. The molecule has 3 rings (SSSR count). The third-order valence-corrected chi connectivity index (χ3v) is 4.52. The number of hydrogen-bond acceptors (Lipinski definition) is 4. The van der Waals surface area contributed by atoms with E-state index in [4.69, 9.17) is 11.6 Å². The fraction of sp³-hybridized carbons (Fsp3) is 0.421. The van der Waals surface area contributed by atoms with Crippen molar-refractivity contribution in [2.45, 2.75) is 27.3 Å². The molecular weight excluding hydrogens is 366 g/mol. The van der Waals surface area contributed by atoms with Crippen molar-refractivity contribution in [1.82, 2.24) is 24.0 Å². The number of aromatic nitrogens is 4. The molecule has 1 aromatic carbocycles. The Bertz CT molecular complexity index is 1030. The second-order valence-corrected chi connectivity index (χ2v) is 6.46. The second-order valence-electron chi connectivity index (χ2n) is 6.02. The fourth-order valence-electron chi connectivity index (χ4n) is 2.82. The molecule has 7 nitrogen and oxygen atoms in total. The molecule has 0 spiro atoms. The van der Waals surface area contributed by atoms with Gasteiger partial charge in [-0.1, -0.05) is 25.4 Å². The zero-order valence-corrected chi connectivity index (χ0v) is 17.2. The van der Waals surface area contributed by atoms with E-state index in [1.54, 1.807) is 19.2 Å². The Morgan fingerprint density at radius 3 is 2.07 bits per heavy atom. The maximum absolute atomic E-state index is 12.4. The SMILES string of the molecule is CCNCC.CCn1c(-c2ccc(Cl)cc2)nc2c1c(=O)n(C)c(=O)n2C. The van der Waals surface area contributed by atoms with Gasteiger partial charge in [0.1, 0.15) is 5.82 Å². The van der Waals surface area contributed by atoms with Gasteiger partial charge in [0, 0.05) is 31.2 Å². The van der Waals surface area contributed by atoms with Crippen LogP contribution in [-0.4, -0.2) is 31.8 Å². The van der Waals surface area contributed by atoms with Gasteiger partial charge < -0.3 is 9.88 Å². The van der Waals surface area contributed by atoms with Crippen molar-refractivity contribution >= 4 is 22.8 Å². The van der Waals surface area contributed by atoms with Gasteiger partial charge >= 0.3 is 5.69 Å². The Morgan fingerprint density at radius 1 is 1.00 bits per heavy atom. The molecule has 2 aromatic heterocycles. The van der Waals surface area contributed by atoms with E-state index in [0.717, 1.165) is 23.2 Å². The molecule has 146 valence electrons. The maximum atomic E-state index is 12.4. The van der Waals surface area contributed by atoms with Crippen LogP contribution in [0.25, 0.3) is 22.6 Å². The van der Waals surface area contributed by atoms with E-state index in [2.05, 4.69) is 24.1 Å². The standard InChI is InChI=1S/C15H15ClN4O2.C4H11N/c1-4-20-11-13(18(2)15(22)19(3)14(11)21)17-12(20)9-5-7-10(16)8-6-9;1-3-5-4-2/h5-8H,4H2,1-3H3;5H,3-4H2,1-2H3. The highest BCUT2D eigenvalue weighted by molar-refractivity contribution is 6.30. The quantitative estimate of drug-likeness (QED) is 0.741. The van der Waals surface area contributed by atoms with Gasteiger partial charge in [0.05, 0.1) is 0 Å². The van der Waals surface area contributed by atoms with E-state index in [0.29, 0.717) is 28.6 Å². The van der Waals surface area contributed by atoms with Gasteiger partial charge in [-0.25, -0.2) is 9.78 Å². The summed E-state index contributed by atoms with van der Waals surface area (Å²) in [6.07, 6.45) is 0. The van der Waals surface area contributed by atoms with Crippen LogP contribution in [0, 0.1) is 0 Å². The normalized spacial score (nSPS) is 10.7. The molecule has 2 heterocycles. The zero-order chi connectivity index (χ0) is 20.1. The number of aryl methyl sites for hydroxylation is 2. The molecule has 1 N–H and O–H groups in total. The molecule has 0 aliphatic carbocycles. The summed E-state index contributed by atoms with van der Waals surface area (Å²) < 4.78 is 4.31. The van der Waals surface area contributed by atoms with Crippen LogP contribution in [0.5, 0.6) is 0 Å². The summed E-state index contributed by atoms with van der Waals surface area (Å²) in [6.45, 7) is 8.90. The Hall–Kier alpha value is -2.38. The number of nitrogens with zero attached hydrogens (tertiary/aromatic N) is 4. The lowest BCUT2D eigenvalue weighted by Crippen LogP contribution is -2.37. The Kier molecular flexibility index (Phi) is 6.98. The first kappa shape index (κ1) is 20.9. The Balaban J connectivity index is 0.000000465. The van der Waals surface area contributed by atoms with E-state index in [1.807, 2.05) is 23.6 Å². The first-order valence-electron chi connectivity index (χ1n) is 9.00. The molecule has 0 unspecified atom stereocenters. The van der Waals surface area contributed by atoms with Crippen LogP contribution in [0.2, 0.25) is 5.02 Å². The van der Waals surface area contributed by atoms with Gasteiger partial charge in [-0.2, -0.15) is 0 Å². The third-order valence-electron chi connectivity index (χ3n) is 4.27. The molecule has 0 aliphatic heterocycles. The van der Waals surface area contributed by atoms with E-state index in [9.17, 15) is 9.59 Å². The van der Waals surface area contributed by atoms with Crippen molar-refractivity contribution in [2.75, 3.05) is 13.1 Å². The molecule has 0 atom stereocenters. The summed E-state index contributed by atoms with van der Waals surface area (Å²) in [7, 11) is 3.09.